The van der Waals surface area contributed by atoms with E-state index in [1.807, 2.05) is 0 Å². The predicted molar refractivity (Wildman–Crippen MR) is 71.1 cm³/mol. The summed E-state index contributed by atoms with van der Waals surface area (Å²) in [5.74, 6) is -0.792. The van der Waals surface area contributed by atoms with Crippen LogP contribution >= 0.6 is 0 Å². The van der Waals surface area contributed by atoms with Crippen LogP contribution in [0.1, 0.15) is 19.4 Å². The minimum atomic E-state index is -0.739. The molecule has 0 heterocycles. The number of hydrogen-bond acceptors (Lipinski definition) is 5. The Morgan fingerprint density at radius 2 is 1.75 bits per heavy atom. The van der Waals surface area contributed by atoms with Crippen LogP contribution in [0.25, 0.3) is 0 Å². The van der Waals surface area contributed by atoms with Crippen molar-refractivity contribution in [2.75, 3.05) is 7.11 Å². The van der Waals surface area contributed by atoms with Gasteiger partial charge in [0.05, 0.1) is 7.11 Å². The molecule has 20 heavy (non-hydrogen) atoms. The molecular formula is C14H17NO5. The second kappa shape index (κ2) is 7.28. The molecule has 0 aromatic heterocycles. The molecule has 0 bridgehead atoms. The van der Waals surface area contributed by atoms with Crippen LogP contribution in [-0.4, -0.2) is 31.0 Å². The molecule has 0 spiro atoms. The molecule has 1 amide bonds. The lowest BCUT2D eigenvalue weighted by Gasteiger charge is -2.15. The van der Waals surface area contributed by atoms with Crippen molar-refractivity contribution in [3.05, 3.63) is 29.8 Å². The average molecular weight is 279 g/mol. The Morgan fingerprint density at radius 1 is 1.15 bits per heavy atom. The first-order chi connectivity index (χ1) is 9.42. The smallest absolute Gasteiger partial charge is 0.328 e. The number of ether oxygens (including phenoxy) is 2. The van der Waals surface area contributed by atoms with Gasteiger partial charge in [0.25, 0.3) is 0 Å². The standard InChI is InChI=1S/C14H17NO5/c1-9(16)15-13(14(18)19-3)8-11-4-6-12(7-5-11)20-10(2)17/h4-7,13H,8H2,1-3H3,(H,15,16)/t13-/m1/s1. The Bertz CT molecular complexity index is 495. The molecule has 0 fully saturated rings. The number of carbonyl (C=O) groups is 3. The van der Waals surface area contributed by atoms with Crippen molar-refractivity contribution in [2.45, 2.75) is 26.3 Å². The zero-order chi connectivity index (χ0) is 15.1. The Kier molecular flexibility index (Phi) is 5.71. The van der Waals surface area contributed by atoms with Gasteiger partial charge >= 0.3 is 11.9 Å². The molecule has 6 heteroatoms. The topological polar surface area (TPSA) is 81.7 Å². The zero-order valence-electron chi connectivity index (χ0n) is 11.6. The number of hydrogen-bond donors (Lipinski definition) is 1. The number of rotatable bonds is 5. The third kappa shape index (κ3) is 5.09. The normalized spacial score (nSPS) is 11.3. The molecule has 0 aliphatic heterocycles. The van der Waals surface area contributed by atoms with E-state index in [4.69, 9.17) is 4.74 Å². The van der Waals surface area contributed by atoms with E-state index in [9.17, 15) is 14.4 Å². The molecule has 0 aliphatic carbocycles. The SMILES string of the molecule is COC(=O)[C@@H](Cc1ccc(OC(C)=O)cc1)NC(C)=O. The number of methoxy groups -OCH3 is 1. The van der Waals surface area contributed by atoms with Gasteiger partial charge in [-0.3, -0.25) is 9.59 Å². The molecule has 0 saturated heterocycles. The van der Waals surface area contributed by atoms with Crippen LogP contribution < -0.4 is 10.1 Å². The lowest BCUT2D eigenvalue weighted by atomic mass is 10.1. The van der Waals surface area contributed by atoms with Gasteiger partial charge in [0.2, 0.25) is 5.91 Å². The van der Waals surface area contributed by atoms with E-state index < -0.39 is 18.0 Å². The number of nitrogens with one attached hydrogen (secondary N) is 1. The lowest BCUT2D eigenvalue weighted by molar-refractivity contribution is -0.144. The van der Waals surface area contributed by atoms with Crippen molar-refractivity contribution in [1.82, 2.24) is 5.32 Å². The second-order valence-corrected chi connectivity index (χ2v) is 4.22. The fourth-order valence-electron chi connectivity index (χ4n) is 1.68. The van der Waals surface area contributed by atoms with E-state index in [0.717, 1.165) is 5.56 Å². The minimum Gasteiger partial charge on any atom is -0.467 e. The average Bonchev–Trinajstić information content (AvgIpc) is 2.38. The highest BCUT2D eigenvalue weighted by Crippen LogP contribution is 2.14. The van der Waals surface area contributed by atoms with Gasteiger partial charge in [-0.25, -0.2) is 4.79 Å². The van der Waals surface area contributed by atoms with E-state index in [-0.39, 0.29) is 5.91 Å². The zero-order valence-corrected chi connectivity index (χ0v) is 11.6. The summed E-state index contributed by atoms with van der Waals surface area (Å²) >= 11 is 0. The van der Waals surface area contributed by atoms with E-state index in [1.165, 1.54) is 21.0 Å². The van der Waals surface area contributed by atoms with Gasteiger partial charge in [0.15, 0.2) is 0 Å². The van der Waals surface area contributed by atoms with Crippen LogP contribution in [0.4, 0.5) is 0 Å². The number of esters is 2. The summed E-state index contributed by atoms with van der Waals surface area (Å²) in [5, 5.41) is 2.53. The highest BCUT2D eigenvalue weighted by Gasteiger charge is 2.20. The fourth-order valence-corrected chi connectivity index (χ4v) is 1.68. The number of benzene rings is 1. The fraction of sp³-hybridized carbons (Fsp3) is 0.357. The van der Waals surface area contributed by atoms with Gasteiger partial charge in [-0.2, -0.15) is 0 Å². The maximum absolute atomic E-state index is 11.6. The highest BCUT2D eigenvalue weighted by molar-refractivity contribution is 5.83. The molecule has 1 N–H and O–H groups in total. The van der Waals surface area contributed by atoms with Crippen molar-refractivity contribution >= 4 is 17.8 Å². The van der Waals surface area contributed by atoms with Crippen LogP contribution in [-0.2, 0) is 25.5 Å². The first-order valence-corrected chi connectivity index (χ1v) is 6.04. The molecule has 0 unspecified atom stereocenters. The Labute approximate surface area is 117 Å². The molecule has 0 aliphatic rings. The van der Waals surface area contributed by atoms with E-state index in [2.05, 4.69) is 10.1 Å². The summed E-state index contributed by atoms with van der Waals surface area (Å²) in [6.45, 7) is 2.65. The minimum absolute atomic E-state index is 0.298. The molecule has 1 aromatic carbocycles. The quantitative estimate of drug-likeness (QED) is 0.638. The molecular weight excluding hydrogens is 262 g/mol. The summed E-state index contributed by atoms with van der Waals surface area (Å²) in [4.78, 5) is 33.4. The molecule has 108 valence electrons. The van der Waals surface area contributed by atoms with E-state index >= 15 is 0 Å². The van der Waals surface area contributed by atoms with Crippen LogP contribution in [0, 0.1) is 0 Å². The summed E-state index contributed by atoms with van der Waals surface area (Å²) in [5.41, 5.74) is 0.810. The second-order valence-electron chi connectivity index (χ2n) is 4.22. The van der Waals surface area contributed by atoms with E-state index in [0.29, 0.717) is 12.2 Å². The highest BCUT2D eigenvalue weighted by atomic mass is 16.5. The number of carbonyl (C=O) groups excluding carboxylic acids is 3. The van der Waals surface area contributed by atoms with Crippen molar-refractivity contribution in [3.8, 4) is 5.75 Å². The Hall–Kier alpha value is -2.37. The van der Waals surface area contributed by atoms with Crippen LogP contribution in [0.5, 0.6) is 5.75 Å². The molecule has 1 aromatic rings. The monoisotopic (exact) mass is 279 g/mol. The summed E-state index contributed by atoms with van der Waals surface area (Å²) in [6, 6.07) is 5.95. The van der Waals surface area contributed by atoms with Crippen LogP contribution in [0.15, 0.2) is 24.3 Å². The first kappa shape index (κ1) is 15.7. The lowest BCUT2D eigenvalue weighted by Crippen LogP contribution is -2.41. The van der Waals surface area contributed by atoms with Gasteiger partial charge < -0.3 is 14.8 Å². The molecule has 6 nitrogen and oxygen atoms in total. The Balaban J connectivity index is 2.75. The summed E-state index contributed by atoms with van der Waals surface area (Å²) in [6.07, 6.45) is 0.298. The van der Waals surface area contributed by atoms with E-state index in [1.54, 1.807) is 24.3 Å². The van der Waals surface area contributed by atoms with Crippen molar-refractivity contribution in [1.29, 1.82) is 0 Å². The van der Waals surface area contributed by atoms with Gasteiger partial charge in [-0.1, -0.05) is 12.1 Å². The van der Waals surface area contributed by atoms with Gasteiger partial charge in [0.1, 0.15) is 11.8 Å². The molecule has 0 saturated carbocycles. The van der Waals surface area contributed by atoms with Crippen molar-refractivity contribution < 1.29 is 23.9 Å². The van der Waals surface area contributed by atoms with Crippen LogP contribution in [0.3, 0.4) is 0 Å². The van der Waals surface area contributed by atoms with Crippen molar-refractivity contribution in [2.24, 2.45) is 0 Å². The maximum atomic E-state index is 11.6. The largest absolute Gasteiger partial charge is 0.467 e. The third-order valence-electron chi connectivity index (χ3n) is 2.49. The Morgan fingerprint density at radius 3 is 2.20 bits per heavy atom. The third-order valence-corrected chi connectivity index (χ3v) is 2.49. The molecule has 1 atom stereocenters. The van der Waals surface area contributed by atoms with Gasteiger partial charge in [-0.05, 0) is 17.7 Å². The first-order valence-electron chi connectivity index (χ1n) is 6.04. The number of amides is 1. The maximum Gasteiger partial charge on any atom is 0.328 e. The van der Waals surface area contributed by atoms with Gasteiger partial charge in [-0.15, -0.1) is 0 Å². The molecule has 1 rings (SSSR count). The molecule has 0 radical (unpaired) electrons. The van der Waals surface area contributed by atoms with Crippen LogP contribution in [0.2, 0.25) is 0 Å². The summed E-state index contributed by atoms with van der Waals surface area (Å²) < 4.78 is 9.55. The van der Waals surface area contributed by atoms with Crippen molar-refractivity contribution in [3.63, 3.8) is 0 Å². The predicted octanol–water partition coefficient (Wildman–Crippen LogP) is 0.832. The van der Waals surface area contributed by atoms with Gasteiger partial charge in [0, 0.05) is 20.3 Å². The summed E-state index contributed by atoms with van der Waals surface area (Å²) in [7, 11) is 1.26.